The molecule has 1 aromatic rings. The lowest BCUT2D eigenvalue weighted by Gasteiger charge is -2.07. The lowest BCUT2D eigenvalue weighted by Crippen LogP contribution is -2.05. The molecule has 1 rings (SSSR count). The molecule has 1 unspecified atom stereocenters. The van der Waals surface area contributed by atoms with Crippen LogP contribution in [0.2, 0.25) is 10.0 Å². The smallest absolute Gasteiger partial charge is 0.138 e. The van der Waals surface area contributed by atoms with Crippen LogP contribution in [0, 0.1) is 5.82 Å². The van der Waals surface area contributed by atoms with Gasteiger partial charge in [-0.15, -0.1) is 11.6 Å². The molecule has 1 atom stereocenters. The average Bonchev–Trinajstić information content (AvgIpc) is 2.10. The van der Waals surface area contributed by atoms with Crippen LogP contribution in [0.3, 0.4) is 0 Å². The molecule has 0 aliphatic carbocycles. The third kappa shape index (κ3) is 2.84. The Labute approximate surface area is 95.8 Å². The van der Waals surface area contributed by atoms with Crippen LogP contribution >= 0.6 is 34.8 Å². The summed E-state index contributed by atoms with van der Waals surface area (Å²) in [6, 6.07) is 2.27. The number of rotatable bonds is 3. The van der Waals surface area contributed by atoms with Crippen LogP contribution in [-0.2, 0) is 11.2 Å². The number of halogens is 4. The van der Waals surface area contributed by atoms with Gasteiger partial charge in [-0.2, -0.15) is 0 Å². The average molecular weight is 256 g/mol. The Hall–Kier alpha value is -0.310. The molecule has 0 aliphatic heterocycles. The van der Waals surface area contributed by atoms with Crippen molar-refractivity contribution in [2.75, 3.05) is 0 Å². The molecule has 0 spiro atoms. The molecule has 0 fully saturated rings. The number of aldehydes is 1. The lowest BCUT2D eigenvalue weighted by molar-refractivity contribution is -0.107. The van der Waals surface area contributed by atoms with Gasteiger partial charge >= 0.3 is 0 Å². The van der Waals surface area contributed by atoms with Gasteiger partial charge in [-0.1, -0.05) is 23.2 Å². The Balaban J connectivity index is 3.02. The largest absolute Gasteiger partial charge is 0.302 e. The fraction of sp³-hybridized carbons (Fsp3) is 0.222. The molecule has 1 nitrogen and oxygen atoms in total. The minimum absolute atomic E-state index is 0.183. The Morgan fingerprint density at radius 1 is 1.36 bits per heavy atom. The molecule has 0 aromatic heterocycles. The van der Waals surface area contributed by atoms with E-state index >= 15 is 0 Å². The lowest BCUT2D eigenvalue weighted by atomic mass is 10.1. The second-order valence-electron chi connectivity index (χ2n) is 2.70. The van der Waals surface area contributed by atoms with Gasteiger partial charge in [-0.25, -0.2) is 4.39 Å². The maximum atomic E-state index is 12.8. The normalized spacial score (nSPS) is 12.6. The van der Waals surface area contributed by atoms with E-state index in [9.17, 15) is 9.18 Å². The van der Waals surface area contributed by atoms with Crippen molar-refractivity contribution in [3.05, 3.63) is 33.6 Å². The van der Waals surface area contributed by atoms with Gasteiger partial charge in [0.15, 0.2) is 0 Å². The fourth-order valence-corrected chi connectivity index (χ4v) is 1.78. The molecule has 5 heteroatoms. The van der Waals surface area contributed by atoms with Crippen LogP contribution in [0.5, 0.6) is 0 Å². The zero-order valence-corrected chi connectivity index (χ0v) is 9.20. The van der Waals surface area contributed by atoms with Gasteiger partial charge < -0.3 is 4.79 Å². The highest BCUT2D eigenvalue weighted by Crippen LogP contribution is 2.27. The van der Waals surface area contributed by atoms with Crippen LogP contribution in [0.25, 0.3) is 0 Å². The minimum Gasteiger partial charge on any atom is -0.302 e. The summed E-state index contributed by atoms with van der Waals surface area (Å²) >= 11 is 17.1. The number of carbonyl (C=O) groups is 1. The van der Waals surface area contributed by atoms with Crippen molar-refractivity contribution in [2.45, 2.75) is 11.8 Å². The van der Waals surface area contributed by atoms with Gasteiger partial charge in [0.2, 0.25) is 0 Å². The maximum absolute atomic E-state index is 12.8. The molecule has 14 heavy (non-hydrogen) atoms. The van der Waals surface area contributed by atoms with Crippen molar-refractivity contribution >= 4 is 41.1 Å². The van der Waals surface area contributed by atoms with Crippen molar-refractivity contribution in [1.82, 2.24) is 0 Å². The predicted molar refractivity (Wildman–Crippen MR) is 55.8 cm³/mol. The van der Waals surface area contributed by atoms with E-state index in [0.29, 0.717) is 11.8 Å². The molecular formula is C9H6Cl3FO. The van der Waals surface area contributed by atoms with Crippen molar-refractivity contribution in [1.29, 1.82) is 0 Å². The molecule has 0 saturated heterocycles. The van der Waals surface area contributed by atoms with Crippen molar-refractivity contribution in [3.63, 3.8) is 0 Å². The fourth-order valence-electron chi connectivity index (χ4n) is 1.01. The van der Waals surface area contributed by atoms with E-state index in [0.717, 1.165) is 12.1 Å². The van der Waals surface area contributed by atoms with Gasteiger partial charge in [0.1, 0.15) is 12.1 Å². The first-order valence-corrected chi connectivity index (χ1v) is 4.96. The summed E-state index contributed by atoms with van der Waals surface area (Å²) in [6.07, 6.45) is 0.778. The van der Waals surface area contributed by atoms with Gasteiger partial charge in [0.05, 0.1) is 5.38 Å². The Kier molecular flexibility index (Phi) is 4.17. The summed E-state index contributed by atoms with van der Waals surface area (Å²) in [5.74, 6) is -0.513. The van der Waals surface area contributed by atoms with Crippen LogP contribution in [-0.4, -0.2) is 11.7 Å². The molecule has 0 heterocycles. The molecule has 0 radical (unpaired) electrons. The van der Waals surface area contributed by atoms with Gasteiger partial charge in [0, 0.05) is 10.0 Å². The Morgan fingerprint density at radius 3 is 2.29 bits per heavy atom. The number of benzene rings is 1. The summed E-state index contributed by atoms with van der Waals surface area (Å²) in [7, 11) is 0. The predicted octanol–water partition coefficient (Wildman–Crippen LogP) is 3.48. The summed E-state index contributed by atoms with van der Waals surface area (Å²) in [5.41, 5.74) is 0.488. The third-order valence-electron chi connectivity index (χ3n) is 1.65. The standard InChI is InChI=1S/C9H6Cl3FO/c10-5(4-14)1-7-8(11)2-6(13)3-9(7)12/h2-5H,1H2. The Morgan fingerprint density at radius 2 is 1.86 bits per heavy atom. The highest BCUT2D eigenvalue weighted by Gasteiger charge is 2.12. The van der Waals surface area contributed by atoms with Crippen LogP contribution in [0.15, 0.2) is 12.1 Å². The Bertz CT molecular complexity index is 331. The molecule has 76 valence electrons. The van der Waals surface area contributed by atoms with Crippen molar-refractivity contribution < 1.29 is 9.18 Å². The van der Waals surface area contributed by atoms with Crippen LogP contribution in [0.4, 0.5) is 4.39 Å². The zero-order valence-electron chi connectivity index (χ0n) is 6.94. The van der Waals surface area contributed by atoms with E-state index in [1.807, 2.05) is 0 Å². The first-order chi connectivity index (χ1) is 6.54. The van der Waals surface area contributed by atoms with E-state index in [2.05, 4.69) is 0 Å². The third-order valence-corrected chi connectivity index (χ3v) is 2.58. The summed E-state index contributed by atoms with van der Waals surface area (Å²) in [5, 5.41) is -0.333. The molecule has 0 saturated carbocycles. The SMILES string of the molecule is O=CC(Cl)Cc1c(Cl)cc(F)cc1Cl. The van der Waals surface area contributed by atoms with E-state index < -0.39 is 11.2 Å². The van der Waals surface area contributed by atoms with Crippen LogP contribution < -0.4 is 0 Å². The van der Waals surface area contributed by atoms with Crippen LogP contribution in [0.1, 0.15) is 5.56 Å². The second-order valence-corrected chi connectivity index (χ2v) is 4.08. The maximum Gasteiger partial charge on any atom is 0.138 e. The molecule has 0 amide bonds. The van der Waals surface area contributed by atoms with Gasteiger partial charge in [-0.05, 0) is 24.1 Å². The molecule has 0 bridgehead atoms. The summed E-state index contributed by atoms with van der Waals surface area (Å²) in [4.78, 5) is 10.3. The highest BCUT2D eigenvalue weighted by molar-refractivity contribution is 6.36. The first kappa shape index (κ1) is 11.8. The summed E-state index contributed by atoms with van der Waals surface area (Å²) in [6.45, 7) is 0. The van der Waals surface area contributed by atoms with E-state index in [1.165, 1.54) is 0 Å². The van der Waals surface area contributed by atoms with Gasteiger partial charge in [-0.3, -0.25) is 0 Å². The first-order valence-electron chi connectivity index (χ1n) is 3.77. The van der Waals surface area contributed by atoms with Crippen molar-refractivity contribution in [2.24, 2.45) is 0 Å². The number of alkyl halides is 1. The monoisotopic (exact) mass is 254 g/mol. The number of hydrogen-bond donors (Lipinski definition) is 0. The van der Waals surface area contributed by atoms with Gasteiger partial charge in [0.25, 0.3) is 0 Å². The van der Waals surface area contributed by atoms with Crippen molar-refractivity contribution in [3.8, 4) is 0 Å². The number of hydrogen-bond acceptors (Lipinski definition) is 1. The summed E-state index contributed by atoms with van der Waals surface area (Å²) < 4.78 is 12.8. The quantitative estimate of drug-likeness (QED) is 0.597. The van der Waals surface area contributed by atoms with E-state index in [-0.39, 0.29) is 16.5 Å². The van der Waals surface area contributed by atoms with E-state index in [1.54, 1.807) is 0 Å². The second kappa shape index (κ2) is 4.96. The molecule has 1 aromatic carbocycles. The minimum atomic E-state index is -0.699. The molecule has 0 N–H and O–H groups in total. The highest BCUT2D eigenvalue weighted by atomic mass is 35.5. The molecular weight excluding hydrogens is 249 g/mol. The number of carbonyl (C=O) groups excluding carboxylic acids is 1. The van der Waals surface area contributed by atoms with E-state index in [4.69, 9.17) is 34.8 Å². The topological polar surface area (TPSA) is 17.1 Å². The molecule has 0 aliphatic rings. The zero-order chi connectivity index (χ0) is 10.7.